The minimum Gasteiger partial charge on any atom is -0.321 e. The van der Waals surface area contributed by atoms with E-state index in [1.807, 2.05) is 11.6 Å². The van der Waals surface area contributed by atoms with Crippen molar-refractivity contribution in [1.29, 1.82) is 0 Å². The molecule has 0 spiro atoms. The first-order valence-corrected chi connectivity index (χ1v) is 6.91. The van der Waals surface area contributed by atoms with Crippen LogP contribution in [0.5, 0.6) is 0 Å². The third kappa shape index (κ3) is 3.46. The zero-order valence-electron chi connectivity index (χ0n) is 10.7. The highest BCUT2D eigenvalue weighted by Crippen LogP contribution is 2.27. The summed E-state index contributed by atoms with van der Waals surface area (Å²) in [5, 5.41) is 4.20. The summed E-state index contributed by atoms with van der Waals surface area (Å²) in [5.74, 6) is 2.79. The van der Waals surface area contributed by atoms with Crippen molar-refractivity contribution >= 4 is 11.6 Å². The maximum absolute atomic E-state index is 5.95. The van der Waals surface area contributed by atoms with Crippen LogP contribution in [0.2, 0.25) is 5.15 Å². The lowest BCUT2D eigenvalue weighted by atomic mass is 9.83. The quantitative estimate of drug-likeness (QED) is 0.897. The van der Waals surface area contributed by atoms with Gasteiger partial charge in [-0.2, -0.15) is 0 Å². The van der Waals surface area contributed by atoms with E-state index in [9.17, 15) is 0 Å². The number of aromatic nitrogens is 2. The second-order valence-corrected chi connectivity index (χ2v) is 5.70. The van der Waals surface area contributed by atoms with E-state index in [0.717, 1.165) is 30.7 Å². The van der Waals surface area contributed by atoms with Gasteiger partial charge in [-0.3, -0.25) is 0 Å². The molecule has 0 unspecified atom stereocenters. The van der Waals surface area contributed by atoms with Gasteiger partial charge in [0.15, 0.2) is 0 Å². The normalized spacial score (nSPS) is 25.1. The summed E-state index contributed by atoms with van der Waals surface area (Å²) >= 11 is 5.95. The van der Waals surface area contributed by atoms with Gasteiger partial charge in [-0.05, 0) is 31.2 Å². The third-order valence-corrected chi connectivity index (χ3v) is 4.23. The molecular weight excluding hydrogens is 234 g/mol. The number of rotatable bonds is 4. The minimum atomic E-state index is 0.702. The lowest BCUT2D eigenvalue weighted by Crippen LogP contribution is -2.26. The predicted molar refractivity (Wildman–Crippen MR) is 71.0 cm³/mol. The summed E-state index contributed by atoms with van der Waals surface area (Å²) in [4.78, 5) is 4.28. The molecule has 1 aliphatic carbocycles. The van der Waals surface area contributed by atoms with Crippen LogP contribution >= 0.6 is 11.6 Å². The van der Waals surface area contributed by atoms with Crippen LogP contribution in [-0.4, -0.2) is 16.1 Å². The van der Waals surface area contributed by atoms with Gasteiger partial charge in [0, 0.05) is 7.05 Å². The topological polar surface area (TPSA) is 29.9 Å². The fourth-order valence-electron chi connectivity index (χ4n) is 2.51. The Balaban J connectivity index is 1.71. The van der Waals surface area contributed by atoms with Crippen LogP contribution in [0, 0.1) is 11.8 Å². The first kappa shape index (κ1) is 12.9. The van der Waals surface area contributed by atoms with Gasteiger partial charge in [0.25, 0.3) is 0 Å². The molecule has 96 valence electrons. The second-order valence-electron chi connectivity index (χ2n) is 5.31. The van der Waals surface area contributed by atoms with Gasteiger partial charge in [0.2, 0.25) is 0 Å². The Kier molecular flexibility index (Phi) is 4.46. The molecule has 0 aliphatic heterocycles. The van der Waals surface area contributed by atoms with Crippen LogP contribution in [0.25, 0.3) is 0 Å². The van der Waals surface area contributed by atoms with Gasteiger partial charge in [-0.25, -0.2) is 4.98 Å². The molecule has 1 saturated carbocycles. The van der Waals surface area contributed by atoms with Crippen molar-refractivity contribution in [3.05, 3.63) is 17.2 Å². The fraction of sp³-hybridized carbons (Fsp3) is 0.769. The van der Waals surface area contributed by atoms with Crippen LogP contribution in [0.1, 0.15) is 38.4 Å². The van der Waals surface area contributed by atoms with E-state index in [1.165, 1.54) is 25.7 Å². The van der Waals surface area contributed by atoms with Gasteiger partial charge < -0.3 is 9.88 Å². The van der Waals surface area contributed by atoms with Gasteiger partial charge in [-0.15, -0.1) is 0 Å². The Hall–Kier alpha value is -0.540. The van der Waals surface area contributed by atoms with Crippen LogP contribution in [0.15, 0.2) is 6.20 Å². The van der Waals surface area contributed by atoms with Crippen molar-refractivity contribution in [3.8, 4) is 0 Å². The van der Waals surface area contributed by atoms with Gasteiger partial charge in [0.1, 0.15) is 11.0 Å². The van der Waals surface area contributed by atoms with Crippen molar-refractivity contribution in [2.24, 2.45) is 18.9 Å². The average molecular weight is 256 g/mol. The van der Waals surface area contributed by atoms with Crippen LogP contribution in [0.3, 0.4) is 0 Å². The molecule has 1 fully saturated rings. The molecule has 0 amide bonds. The molecule has 0 aromatic carbocycles. The maximum atomic E-state index is 5.95. The highest BCUT2D eigenvalue weighted by Gasteiger charge is 2.17. The molecule has 1 N–H and O–H groups in total. The molecular formula is C13H22ClN3. The number of nitrogens with one attached hydrogen (secondary N) is 1. The number of imidazole rings is 1. The van der Waals surface area contributed by atoms with E-state index in [0.29, 0.717) is 5.15 Å². The van der Waals surface area contributed by atoms with E-state index in [4.69, 9.17) is 11.6 Å². The summed E-state index contributed by atoms with van der Waals surface area (Å²) in [7, 11) is 1.95. The molecule has 1 aliphatic rings. The SMILES string of the molecule is CC1CCC(CNCc2ncc(Cl)n2C)CC1. The van der Waals surface area contributed by atoms with Crippen molar-refractivity contribution < 1.29 is 0 Å². The summed E-state index contributed by atoms with van der Waals surface area (Å²) in [6.07, 6.45) is 7.23. The Bertz CT molecular complexity index is 354. The average Bonchev–Trinajstić information content (AvgIpc) is 2.64. The van der Waals surface area contributed by atoms with E-state index >= 15 is 0 Å². The molecule has 1 aromatic heterocycles. The van der Waals surface area contributed by atoms with Crippen molar-refractivity contribution in [2.75, 3.05) is 6.54 Å². The van der Waals surface area contributed by atoms with Crippen LogP contribution in [-0.2, 0) is 13.6 Å². The molecule has 0 radical (unpaired) electrons. The smallest absolute Gasteiger partial charge is 0.128 e. The predicted octanol–water partition coefficient (Wildman–Crippen LogP) is 2.99. The monoisotopic (exact) mass is 255 g/mol. The fourth-order valence-corrected chi connectivity index (χ4v) is 2.66. The third-order valence-electron chi connectivity index (χ3n) is 3.88. The molecule has 3 nitrogen and oxygen atoms in total. The minimum absolute atomic E-state index is 0.702. The maximum Gasteiger partial charge on any atom is 0.128 e. The first-order valence-electron chi connectivity index (χ1n) is 6.53. The number of halogens is 1. The van der Waals surface area contributed by atoms with Gasteiger partial charge >= 0.3 is 0 Å². The van der Waals surface area contributed by atoms with E-state index < -0.39 is 0 Å². The molecule has 0 saturated heterocycles. The first-order chi connectivity index (χ1) is 8.16. The molecule has 1 aromatic rings. The Morgan fingerprint density at radius 1 is 1.41 bits per heavy atom. The van der Waals surface area contributed by atoms with Gasteiger partial charge in [0.05, 0.1) is 12.7 Å². The van der Waals surface area contributed by atoms with Crippen LogP contribution < -0.4 is 5.32 Å². The standard InChI is InChI=1S/C13H22ClN3/c1-10-3-5-11(6-4-10)7-15-9-13-16-8-12(14)17(13)2/h8,10-11,15H,3-7,9H2,1-2H3. The van der Waals surface area contributed by atoms with E-state index in [-0.39, 0.29) is 0 Å². The Labute approximate surface area is 109 Å². The Morgan fingerprint density at radius 2 is 2.12 bits per heavy atom. The molecule has 1 heterocycles. The summed E-state index contributed by atoms with van der Waals surface area (Å²) in [5.41, 5.74) is 0. The lowest BCUT2D eigenvalue weighted by Gasteiger charge is -2.26. The molecule has 0 bridgehead atoms. The summed E-state index contributed by atoms with van der Waals surface area (Å²) in [6.45, 7) is 4.28. The van der Waals surface area contributed by atoms with E-state index in [2.05, 4.69) is 17.2 Å². The zero-order valence-corrected chi connectivity index (χ0v) is 11.5. The second kappa shape index (κ2) is 5.87. The van der Waals surface area contributed by atoms with Crippen molar-refractivity contribution in [1.82, 2.24) is 14.9 Å². The number of nitrogens with zero attached hydrogens (tertiary/aromatic N) is 2. The lowest BCUT2D eigenvalue weighted by molar-refractivity contribution is 0.281. The van der Waals surface area contributed by atoms with Crippen molar-refractivity contribution in [3.63, 3.8) is 0 Å². The molecule has 0 atom stereocenters. The van der Waals surface area contributed by atoms with Crippen LogP contribution in [0.4, 0.5) is 0 Å². The van der Waals surface area contributed by atoms with Gasteiger partial charge in [-0.1, -0.05) is 31.4 Å². The van der Waals surface area contributed by atoms with E-state index in [1.54, 1.807) is 6.20 Å². The molecule has 4 heteroatoms. The number of hydrogen-bond donors (Lipinski definition) is 1. The molecule has 17 heavy (non-hydrogen) atoms. The summed E-state index contributed by atoms with van der Waals surface area (Å²) < 4.78 is 1.93. The summed E-state index contributed by atoms with van der Waals surface area (Å²) in [6, 6.07) is 0. The highest BCUT2D eigenvalue weighted by atomic mass is 35.5. The number of hydrogen-bond acceptors (Lipinski definition) is 2. The highest BCUT2D eigenvalue weighted by molar-refractivity contribution is 6.29. The Morgan fingerprint density at radius 3 is 2.71 bits per heavy atom. The zero-order chi connectivity index (χ0) is 12.3. The molecule has 2 rings (SSSR count). The largest absolute Gasteiger partial charge is 0.321 e. The van der Waals surface area contributed by atoms with Crippen molar-refractivity contribution in [2.45, 2.75) is 39.2 Å².